The van der Waals surface area contributed by atoms with E-state index in [-0.39, 0.29) is 11.1 Å². The number of benzene rings is 1. The van der Waals surface area contributed by atoms with E-state index in [4.69, 9.17) is 10.5 Å². The summed E-state index contributed by atoms with van der Waals surface area (Å²) in [5, 5.41) is 0. The predicted octanol–water partition coefficient (Wildman–Crippen LogP) is 2.46. The summed E-state index contributed by atoms with van der Waals surface area (Å²) in [7, 11) is 0. The Kier molecular flexibility index (Phi) is 3.01. The quantitative estimate of drug-likeness (QED) is 0.855. The molecule has 108 valence electrons. The molecule has 3 rings (SSSR count). The van der Waals surface area contributed by atoms with Crippen LogP contribution in [0.5, 0.6) is 0 Å². The van der Waals surface area contributed by atoms with Gasteiger partial charge < -0.3 is 15.4 Å². The molecule has 2 heterocycles. The zero-order valence-electron chi connectivity index (χ0n) is 12.5. The van der Waals surface area contributed by atoms with Crippen LogP contribution >= 0.6 is 0 Å². The van der Waals surface area contributed by atoms with E-state index >= 15 is 0 Å². The Bertz CT molecular complexity index is 552. The Morgan fingerprint density at radius 1 is 1.35 bits per heavy atom. The second-order valence-corrected chi connectivity index (χ2v) is 6.61. The number of anilines is 1. The molecule has 20 heavy (non-hydrogen) atoms. The third-order valence-electron chi connectivity index (χ3n) is 4.31. The third-order valence-corrected chi connectivity index (χ3v) is 4.31. The van der Waals surface area contributed by atoms with Crippen LogP contribution in [0.1, 0.15) is 32.3 Å². The van der Waals surface area contributed by atoms with Gasteiger partial charge in [-0.05, 0) is 44.9 Å². The van der Waals surface area contributed by atoms with E-state index < -0.39 is 0 Å². The number of aryl methyl sites for hydroxylation is 1. The van der Waals surface area contributed by atoms with Gasteiger partial charge in [0, 0.05) is 18.7 Å². The van der Waals surface area contributed by atoms with Crippen LogP contribution in [0.4, 0.5) is 5.69 Å². The minimum atomic E-state index is -0.125. The van der Waals surface area contributed by atoms with E-state index in [1.54, 1.807) is 0 Å². The van der Waals surface area contributed by atoms with Crippen LogP contribution in [0.3, 0.4) is 0 Å². The van der Waals surface area contributed by atoms with E-state index in [9.17, 15) is 0 Å². The second-order valence-electron chi connectivity index (χ2n) is 6.61. The Hall–Kier alpha value is -1.55. The predicted molar refractivity (Wildman–Crippen MR) is 82.1 cm³/mol. The minimum absolute atomic E-state index is 0.0281. The number of nitrogens with zero attached hydrogens (tertiary/aromatic N) is 2. The molecular formula is C16H23N3O. The molecule has 1 atom stereocenters. The molecule has 1 spiro atoms. The number of hydrogen-bond donors (Lipinski definition) is 1. The molecule has 0 aliphatic carbocycles. The first-order chi connectivity index (χ1) is 9.42. The first kappa shape index (κ1) is 13.4. The molecular weight excluding hydrogens is 250 g/mol. The molecule has 4 nitrogen and oxygen atoms in total. The fourth-order valence-electron chi connectivity index (χ4n) is 3.56. The van der Waals surface area contributed by atoms with Crippen LogP contribution in [0.15, 0.2) is 29.3 Å². The SMILES string of the molecule is Cc1cccc(N2C(N)=NCC23CCOC(C)(C)C3)c1. The summed E-state index contributed by atoms with van der Waals surface area (Å²) >= 11 is 0. The normalized spacial score (nSPS) is 28.8. The van der Waals surface area contributed by atoms with E-state index in [1.807, 2.05) is 0 Å². The average molecular weight is 273 g/mol. The smallest absolute Gasteiger partial charge is 0.196 e. The van der Waals surface area contributed by atoms with Crippen molar-refractivity contribution in [3.63, 3.8) is 0 Å². The molecule has 0 bridgehead atoms. The highest BCUT2D eigenvalue weighted by Crippen LogP contribution is 2.41. The highest BCUT2D eigenvalue weighted by atomic mass is 16.5. The lowest BCUT2D eigenvalue weighted by Gasteiger charge is -2.47. The van der Waals surface area contributed by atoms with Crippen molar-refractivity contribution in [2.24, 2.45) is 10.7 Å². The topological polar surface area (TPSA) is 50.8 Å². The summed E-state index contributed by atoms with van der Waals surface area (Å²) in [4.78, 5) is 6.76. The maximum Gasteiger partial charge on any atom is 0.196 e. The van der Waals surface area contributed by atoms with E-state index in [0.29, 0.717) is 5.96 Å². The maximum atomic E-state index is 6.19. The lowest BCUT2D eigenvalue weighted by atomic mass is 9.80. The van der Waals surface area contributed by atoms with Gasteiger partial charge in [-0.25, -0.2) is 0 Å². The van der Waals surface area contributed by atoms with Crippen molar-refractivity contribution in [2.75, 3.05) is 18.1 Å². The van der Waals surface area contributed by atoms with E-state index in [1.165, 1.54) is 5.56 Å². The number of hydrogen-bond acceptors (Lipinski definition) is 4. The van der Waals surface area contributed by atoms with Gasteiger partial charge in [-0.2, -0.15) is 0 Å². The molecule has 0 radical (unpaired) electrons. The molecule has 0 aromatic heterocycles. The second kappa shape index (κ2) is 4.48. The van der Waals surface area contributed by atoms with Crippen LogP contribution in [-0.2, 0) is 4.74 Å². The van der Waals surface area contributed by atoms with E-state index in [0.717, 1.165) is 31.7 Å². The third kappa shape index (κ3) is 2.18. The van der Waals surface area contributed by atoms with Crippen molar-refractivity contribution >= 4 is 11.6 Å². The van der Waals surface area contributed by atoms with Crippen molar-refractivity contribution in [3.05, 3.63) is 29.8 Å². The number of ether oxygens (including phenoxy) is 1. The van der Waals surface area contributed by atoms with E-state index in [2.05, 4.69) is 54.9 Å². The van der Waals surface area contributed by atoms with Crippen molar-refractivity contribution in [1.82, 2.24) is 0 Å². The lowest BCUT2D eigenvalue weighted by molar-refractivity contribution is -0.0757. The largest absolute Gasteiger partial charge is 0.375 e. The molecule has 0 saturated carbocycles. The first-order valence-corrected chi connectivity index (χ1v) is 7.23. The zero-order chi connectivity index (χ0) is 14.4. The van der Waals surface area contributed by atoms with Gasteiger partial charge in [0.1, 0.15) is 0 Å². The lowest BCUT2D eigenvalue weighted by Crippen LogP contribution is -2.58. The van der Waals surface area contributed by atoms with Crippen molar-refractivity contribution in [2.45, 2.75) is 44.8 Å². The summed E-state index contributed by atoms with van der Waals surface area (Å²) in [6, 6.07) is 8.48. The molecule has 4 heteroatoms. The molecule has 1 unspecified atom stereocenters. The van der Waals surface area contributed by atoms with Gasteiger partial charge in [-0.1, -0.05) is 12.1 Å². The number of rotatable bonds is 1. The Morgan fingerprint density at radius 2 is 2.15 bits per heavy atom. The minimum Gasteiger partial charge on any atom is -0.375 e. The molecule has 2 aliphatic heterocycles. The van der Waals surface area contributed by atoms with Crippen LogP contribution < -0.4 is 10.6 Å². The number of aliphatic imine (C=N–C) groups is 1. The summed E-state index contributed by atoms with van der Waals surface area (Å²) in [6.45, 7) is 7.93. The summed E-state index contributed by atoms with van der Waals surface area (Å²) < 4.78 is 5.88. The number of nitrogens with two attached hydrogens (primary N) is 1. The van der Waals surface area contributed by atoms with Gasteiger partial charge in [-0.3, -0.25) is 4.99 Å². The molecule has 1 saturated heterocycles. The maximum absolute atomic E-state index is 6.19. The summed E-state index contributed by atoms with van der Waals surface area (Å²) in [5.41, 5.74) is 8.42. The monoisotopic (exact) mass is 273 g/mol. The van der Waals surface area contributed by atoms with Gasteiger partial charge in [-0.15, -0.1) is 0 Å². The fourth-order valence-corrected chi connectivity index (χ4v) is 3.56. The first-order valence-electron chi connectivity index (χ1n) is 7.23. The van der Waals surface area contributed by atoms with Gasteiger partial charge in [0.15, 0.2) is 5.96 Å². The van der Waals surface area contributed by atoms with Crippen molar-refractivity contribution in [1.29, 1.82) is 0 Å². The number of guanidine groups is 1. The van der Waals surface area contributed by atoms with Crippen LogP contribution in [0, 0.1) is 6.92 Å². The Labute approximate surface area is 120 Å². The Morgan fingerprint density at radius 3 is 2.85 bits per heavy atom. The Balaban J connectivity index is 2.00. The summed E-state index contributed by atoms with van der Waals surface area (Å²) in [5.74, 6) is 0.633. The van der Waals surface area contributed by atoms with Gasteiger partial charge in [0.25, 0.3) is 0 Å². The average Bonchev–Trinajstić information content (AvgIpc) is 2.64. The zero-order valence-corrected chi connectivity index (χ0v) is 12.5. The van der Waals surface area contributed by atoms with Gasteiger partial charge in [0.2, 0.25) is 0 Å². The van der Waals surface area contributed by atoms with Gasteiger partial charge in [0.05, 0.1) is 17.7 Å². The summed E-state index contributed by atoms with van der Waals surface area (Å²) in [6.07, 6.45) is 1.91. The standard InChI is InChI=1S/C16H23N3O/c1-12-5-4-6-13(9-12)19-14(17)18-11-16(19)7-8-20-15(2,3)10-16/h4-6,9H,7-8,10-11H2,1-3H3,(H2,17,18). The molecule has 1 aromatic rings. The van der Waals surface area contributed by atoms with Crippen LogP contribution in [0.2, 0.25) is 0 Å². The molecule has 2 N–H and O–H groups in total. The van der Waals surface area contributed by atoms with Crippen LogP contribution in [0.25, 0.3) is 0 Å². The van der Waals surface area contributed by atoms with Crippen molar-refractivity contribution < 1.29 is 4.74 Å². The highest BCUT2D eigenvalue weighted by Gasteiger charge is 2.49. The fraction of sp³-hybridized carbons (Fsp3) is 0.562. The molecule has 0 amide bonds. The van der Waals surface area contributed by atoms with Gasteiger partial charge >= 0.3 is 0 Å². The van der Waals surface area contributed by atoms with Crippen molar-refractivity contribution in [3.8, 4) is 0 Å². The van der Waals surface area contributed by atoms with Crippen LogP contribution in [-0.4, -0.2) is 30.3 Å². The molecule has 2 aliphatic rings. The molecule has 1 aromatic carbocycles. The molecule has 1 fully saturated rings. The highest BCUT2D eigenvalue weighted by molar-refractivity contribution is 5.98.